The van der Waals surface area contributed by atoms with Crippen molar-refractivity contribution in [2.45, 2.75) is 24.4 Å². The summed E-state index contributed by atoms with van der Waals surface area (Å²) >= 11 is 0. The number of aliphatic hydroxyl groups is 1. The van der Waals surface area contributed by atoms with Gasteiger partial charge in [0, 0.05) is 17.2 Å². The summed E-state index contributed by atoms with van der Waals surface area (Å²) in [5.41, 5.74) is -0.634. The van der Waals surface area contributed by atoms with Gasteiger partial charge in [0.25, 0.3) is 0 Å². The molecule has 4 aliphatic heterocycles. The Labute approximate surface area is 145 Å². The zero-order valence-corrected chi connectivity index (χ0v) is 13.1. The molecule has 130 valence electrons. The maximum Gasteiger partial charge on any atom is 0.411 e. The summed E-state index contributed by atoms with van der Waals surface area (Å²) < 4.78 is 15.7. The molecule has 4 aliphatic rings. The minimum Gasteiger partial charge on any atom is -0.407 e. The van der Waals surface area contributed by atoms with Gasteiger partial charge in [0.1, 0.15) is 0 Å². The molecular weight excluding hydrogens is 344 g/mol. The van der Waals surface area contributed by atoms with E-state index in [2.05, 4.69) is 9.98 Å². The quantitative estimate of drug-likeness (QED) is 0.668. The number of para-hydroxylation sites is 1. The number of fused-ring (bicyclic) bond motifs is 5. The van der Waals surface area contributed by atoms with Gasteiger partial charge in [-0.2, -0.15) is 4.99 Å². The second-order valence-electron chi connectivity index (χ2n) is 6.29. The van der Waals surface area contributed by atoms with Crippen LogP contribution in [0, 0.1) is 0 Å². The van der Waals surface area contributed by atoms with E-state index in [1.165, 1.54) is 6.08 Å². The summed E-state index contributed by atoms with van der Waals surface area (Å²) in [5, 5.41) is 10.5. The van der Waals surface area contributed by atoms with E-state index in [9.17, 15) is 19.5 Å². The fourth-order valence-corrected chi connectivity index (χ4v) is 3.31. The van der Waals surface area contributed by atoms with Crippen molar-refractivity contribution in [3.63, 3.8) is 0 Å². The molecule has 0 aromatic heterocycles. The predicted octanol–water partition coefficient (Wildman–Crippen LogP) is 0.390. The van der Waals surface area contributed by atoms with Gasteiger partial charge in [-0.05, 0) is 6.07 Å². The number of benzene rings is 1. The van der Waals surface area contributed by atoms with Crippen LogP contribution in [0.2, 0.25) is 0 Å². The highest BCUT2D eigenvalue weighted by Gasteiger charge is 2.59. The number of carbonyl (C=O) groups is 3. The van der Waals surface area contributed by atoms with E-state index in [1.54, 1.807) is 24.3 Å². The topological polar surface area (TPSA) is 124 Å². The summed E-state index contributed by atoms with van der Waals surface area (Å²) in [4.78, 5) is 45.3. The van der Waals surface area contributed by atoms with Crippen molar-refractivity contribution in [3.8, 4) is 0 Å². The molecule has 0 aliphatic carbocycles. The van der Waals surface area contributed by atoms with Crippen molar-refractivity contribution < 1.29 is 33.7 Å². The van der Waals surface area contributed by atoms with Crippen LogP contribution in [0.1, 0.15) is 18.4 Å². The average Bonchev–Trinajstić information content (AvgIpc) is 2.90. The van der Waals surface area contributed by atoms with E-state index in [0.717, 1.165) is 0 Å². The van der Waals surface area contributed by atoms with Gasteiger partial charge in [0.05, 0.1) is 18.5 Å². The van der Waals surface area contributed by atoms with Crippen molar-refractivity contribution in [3.05, 3.63) is 35.9 Å². The van der Waals surface area contributed by atoms with Crippen molar-refractivity contribution in [1.29, 1.82) is 0 Å². The molecule has 2 unspecified atom stereocenters. The lowest BCUT2D eigenvalue weighted by Gasteiger charge is -2.29. The Hall–Kier alpha value is -3.33. The van der Waals surface area contributed by atoms with Crippen LogP contribution in [0.3, 0.4) is 0 Å². The summed E-state index contributed by atoms with van der Waals surface area (Å²) in [6.45, 7) is 0. The van der Waals surface area contributed by atoms with E-state index >= 15 is 0 Å². The second kappa shape index (κ2) is 4.64. The van der Waals surface area contributed by atoms with Crippen LogP contribution in [0.15, 0.2) is 40.3 Å². The normalized spacial score (nSPS) is 31.6. The van der Waals surface area contributed by atoms with Gasteiger partial charge < -0.3 is 19.3 Å². The molecule has 0 amide bonds. The Kier molecular flexibility index (Phi) is 2.67. The molecule has 3 bridgehead atoms. The van der Waals surface area contributed by atoms with Crippen molar-refractivity contribution in [2.75, 3.05) is 0 Å². The molecule has 1 N–H and O–H groups in total. The lowest BCUT2D eigenvalue weighted by molar-refractivity contribution is -0.200. The molecule has 1 aromatic carbocycles. The van der Waals surface area contributed by atoms with Crippen LogP contribution in [-0.2, 0) is 28.6 Å². The second-order valence-corrected chi connectivity index (χ2v) is 6.29. The highest BCUT2D eigenvalue weighted by Crippen LogP contribution is 2.44. The number of hydrogen-bond donors (Lipinski definition) is 1. The average molecular weight is 354 g/mol. The molecular formula is C17H10N2O7. The fourth-order valence-electron chi connectivity index (χ4n) is 3.31. The highest BCUT2D eigenvalue weighted by molar-refractivity contribution is 6.37. The zero-order valence-electron chi connectivity index (χ0n) is 13.1. The summed E-state index contributed by atoms with van der Waals surface area (Å²) in [6.07, 6.45) is -0.0659. The van der Waals surface area contributed by atoms with Crippen LogP contribution in [-0.4, -0.2) is 46.1 Å². The van der Waals surface area contributed by atoms with Gasteiger partial charge >= 0.3 is 23.8 Å². The van der Waals surface area contributed by atoms with Gasteiger partial charge in [-0.25, -0.2) is 9.79 Å². The van der Waals surface area contributed by atoms with Gasteiger partial charge in [-0.15, -0.1) is 0 Å². The first kappa shape index (κ1) is 15.0. The Morgan fingerprint density at radius 2 is 1.81 bits per heavy atom. The molecule has 26 heavy (non-hydrogen) atoms. The molecule has 4 heterocycles. The molecule has 0 saturated carbocycles. The number of hydrogen-bond acceptors (Lipinski definition) is 9. The van der Waals surface area contributed by atoms with E-state index in [0.29, 0.717) is 16.8 Å². The van der Waals surface area contributed by atoms with Crippen LogP contribution in [0.5, 0.6) is 0 Å². The molecule has 1 saturated heterocycles. The molecule has 9 heteroatoms. The largest absolute Gasteiger partial charge is 0.411 e. The van der Waals surface area contributed by atoms with E-state index < -0.39 is 42.3 Å². The smallest absolute Gasteiger partial charge is 0.407 e. The number of carbonyl (C=O) groups excluding carboxylic acids is 3. The first-order chi connectivity index (χ1) is 12.4. The third-order valence-electron chi connectivity index (χ3n) is 4.46. The van der Waals surface area contributed by atoms with Gasteiger partial charge in [-0.3, -0.25) is 9.59 Å². The minimum atomic E-state index is -2.39. The maximum absolute atomic E-state index is 12.5. The maximum atomic E-state index is 12.5. The lowest BCUT2D eigenvalue weighted by atomic mass is 9.96. The van der Waals surface area contributed by atoms with Crippen molar-refractivity contribution >= 4 is 40.8 Å². The van der Waals surface area contributed by atoms with E-state index in [1.807, 2.05) is 0 Å². The number of aliphatic imine (C=N–C) groups is 2. The van der Waals surface area contributed by atoms with Crippen LogP contribution in [0.4, 0.5) is 5.69 Å². The Balaban J connectivity index is 1.77. The standard InChI is InChI=1S/C17H10N2O7/c20-12-6-16(23)7-13(21)25-17(26-15(16)22)14-9(5-11(19-17)24-12)8-3-1-2-4-10(8)18-14/h1-5,23H,6-7H2. The van der Waals surface area contributed by atoms with Gasteiger partial charge in [0.15, 0.2) is 11.3 Å². The van der Waals surface area contributed by atoms with Crippen LogP contribution < -0.4 is 0 Å². The first-order valence-electron chi connectivity index (χ1n) is 7.77. The number of ether oxygens (including phenoxy) is 3. The Bertz CT molecular complexity index is 1010. The van der Waals surface area contributed by atoms with Crippen LogP contribution >= 0.6 is 0 Å². The van der Waals surface area contributed by atoms with Crippen molar-refractivity contribution in [1.82, 2.24) is 0 Å². The minimum absolute atomic E-state index is 0.0753. The van der Waals surface area contributed by atoms with Crippen LogP contribution in [0.25, 0.3) is 5.57 Å². The third-order valence-corrected chi connectivity index (χ3v) is 4.46. The fraction of sp³-hybridized carbons (Fsp3) is 0.235. The monoisotopic (exact) mass is 354 g/mol. The zero-order chi connectivity index (χ0) is 18.1. The predicted molar refractivity (Wildman–Crippen MR) is 84.1 cm³/mol. The molecule has 1 spiro atoms. The molecule has 1 aromatic rings. The Morgan fingerprint density at radius 1 is 1.04 bits per heavy atom. The molecule has 9 nitrogen and oxygen atoms in total. The SMILES string of the molecule is O=C1CC2(O)CC(=O)OC3(N=C(C=C4C3=Nc3ccccc34)O1)OC2=O. The van der Waals surface area contributed by atoms with E-state index in [4.69, 9.17) is 14.2 Å². The number of nitrogens with zero attached hydrogens (tertiary/aromatic N) is 2. The third kappa shape index (κ3) is 1.91. The number of esters is 3. The summed E-state index contributed by atoms with van der Waals surface area (Å²) in [6, 6.07) is 7.04. The molecule has 1 fully saturated rings. The molecule has 5 rings (SSSR count). The molecule has 0 radical (unpaired) electrons. The first-order valence-corrected chi connectivity index (χ1v) is 7.77. The van der Waals surface area contributed by atoms with Gasteiger partial charge in [0.2, 0.25) is 5.90 Å². The Morgan fingerprint density at radius 3 is 2.65 bits per heavy atom. The van der Waals surface area contributed by atoms with Crippen molar-refractivity contribution in [2.24, 2.45) is 9.98 Å². The summed E-state index contributed by atoms with van der Waals surface area (Å²) in [7, 11) is 0. The number of dihydropyridines is 1. The number of rotatable bonds is 0. The summed E-state index contributed by atoms with van der Waals surface area (Å²) in [5.74, 6) is -5.52. The lowest BCUT2D eigenvalue weighted by Crippen LogP contribution is -2.48. The van der Waals surface area contributed by atoms with E-state index in [-0.39, 0.29) is 11.6 Å². The van der Waals surface area contributed by atoms with Gasteiger partial charge in [-0.1, -0.05) is 18.2 Å². The highest BCUT2D eigenvalue weighted by atomic mass is 16.8. The molecule has 2 atom stereocenters.